The smallest absolute Gasteiger partial charge is 0.119 e. The van der Waals surface area contributed by atoms with Gasteiger partial charge in [-0.25, -0.2) is 0 Å². The molecule has 0 aliphatic rings. The minimum absolute atomic E-state index is 0.315. The Hall–Kier alpha value is -1.10. The lowest BCUT2D eigenvalue weighted by molar-refractivity contribution is 0.135. The third-order valence-corrected chi connectivity index (χ3v) is 2.68. The molecule has 1 rings (SSSR count). The van der Waals surface area contributed by atoms with Crippen LogP contribution in [0.1, 0.15) is 5.56 Å². The molecule has 0 heterocycles. The molecule has 0 amide bonds. The Morgan fingerprint density at radius 1 is 1.39 bits per heavy atom. The zero-order valence-electron chi connectivity index (χ0n) is 11.5. The summed E-state index contributed by atoms with van der Waals surface area (Å²) in [5.41, 5.74) is 1.24. The predicted octanol–water partition coefficient (Wildman–Crippen LogP) is 0.750. The molecule has 4 nitrogen and oxygen atoms in total. The zero-order chi connectivity index (χ0) is 13.4. The van der Waals surface area contributed by atoms with E-state index in [0.717, 1.165) is 18.7 Å². The number of nitrogens with zero attached hydrogens (tertiary/aromatic N) is 1. The Labute approximate surface area is 110 Å². The van der Waals surface area contributed by atoms with Gasteiger partial charge in [0.2, 0.25) is 0 Å². The molecule has 1 aromatic carbocycles. The van der Waals surface area contributed by atoms with Crippen LogP contribution in [0.25, 0.3) is 0 Å². The summed E-state index contributed by atoms with van der Waals surface area (Å²) in [6.07, 6.45) is 0.622. The number of methoxy groups -OCH3 is 1. The Bertz CT molecular complexity index is 342. The molecule has 4 heteroatoms. The molecule has 1 unspecified atom stereocenters. The van der Waals surface area contributed by atoms with Crippen molar-refractivity contribution in [3.63, 3.8) is 0 Å². The molecule has 0 spiro atoms. The van der Waals surface area contributed by atoms with Gasteiger partial charge in [-0.15, -0.1) is 0 Å². The lowest BCUT2D eigenvalue weighted by Gasteiger charge is -2.16. The van der Waals surface area contributed by atoms with Gasteiger partial charge in [-0.2, -0.15) is 0 Å². The zero-order valence-corrected chi connectivity index (χ0v) is 11.5. The summed E-state index contributed by atoms with van der Waals surface area (Å²) in [6.45, 7) is 2.17. The molecular weight excluding hydrogens is 228 g/mol. The van der Waals surface area contributed by atoms with Crippen LogP contribution in [0, 0.1) is 0 Å². The molecule has 2 N–H and O–H groups in total. The number of aliphatic hydroxyl groups is 1. The predicted molar refractivity (Wildman–Crippen MR) is 74.1 cm³/mol. The number of hydrogen-bond donors (Lipinski definition) is 2. The van der Waals surface area contributed by atoms with E-state index in [4.69, 9.17) is 4.74 Å². The normalized spacial score (nSPS) is 12.7. The SMILES string of the molecule is COc1cccc(CCNCC(O)CN(C)C)c1. The first-order valence-electron chi connectivity index (χ1n) is 6.28. The van der Waals surface area contributed by atoms with Crippen molar-refractivity contribution < 1.29 is 9.84 Å². The molecule has 1 aromatic rings. The van der Waals surface area contributed by atoms with E-state index < -0.39 is 0 Å². The van der Waals surface area contributed by atoms with E-state index in [-0.39, 0.29) is 6.10 Å². The monoisotopic (exact) mass is 252 g/mol. The Balaban J connectivity index is 2.21. The number of rotatable bonds is 8. The fourth-order valence-corrected chi connectivity index (χ4v) is 1.82. The Kier molecular flexibility index (Phi) is 6.72. The van der Waals surface area contributed by atoms with E-state index in [1.54, 1.807) is 7.11 Å². The van der Waals surface area contributed by atoms with E-state index in [9.17, 15) is 5.11 Å². The summed E-state index contributed by atoms with van der Waals surface area (Å²) >= 11 is 0. The maximum Gasteiger partial charge on any atom is 0.119 e. The quantitative estimate of drug-likeness (QED) is 0.670. The Morgan fingerprint density at radius 2 is 2.17 bits per heavy atom. The third kappa shape index (κ3) is 6.00. The number of nitrogens with one attached hydrogen (secondary N) is 1. The van der Waals surface area contributed by atoms with Crippen molar-refractivity contribution in [1.82, 2.24) is 10.2 Å². The van der Waals surface area contributed by atoms with E-state index in [1.165, 1.54) is 5.56 Å². The molecule has 102 valence electrons. The minimum Gasteiger partial charge on any atom is -0.497 e. The van der Waals surface area contributed by atoms with E-state index in [1.807, 2.05) is 37.2 Å². The van der Waals surface area contributed by atoms with Gasteiger partial charge in [0.1, 0.15) is 5.75 Å². The van der Waals surface area contributed by atoms with Crippen LogP contribution in [-0.4, -0.2) is 56.9 Å². The van der Waals surface area contributed by atoms with Crippen LogP contribution in [-0.2, 0) is 6.42 Å². The van der Waals surface area contributed by atoms with Crippen LogP contribution in [0.5, 0.6) is 5.75 Å². The molecular formula is C14H24N2O2. The topological polar surface area (TPSA) is 44.7 Å². The summed E-state index contributed by atoms with van der Waals surface area (Å²) in [7, 11) is 5.59. The number of benzene rings is 1. The minimum atomic E-state index is -0.315. The van der Waals surface area contributed by atoms with Gasteiger partial charge in [0.05, 0.1) is 13.2 Å². The van der Waals surface area contributed by atoms with Crippen LogP contribution >= 0.6 is 0 Å². The third-order valence-electron chi connectivity index (χ3n) is 2.68. The lowest BCUT2D eigenvalue weighted by Crippen LogP contribution is -2.35. The van der Waals surface area contributed by atoms with Crippen molar-refractivity contribution in [1.29, 1.82) is 0 Å². The molecule has 0 bridgehead atoms. The number of likely N-dealkylation sites (N-methyl/N-ethyl adjacent to an activating group) is 1. The van der Waals surface area contributed by atoms with Crippen molar-refractivity contribution in [2.75, 3.05) is 40.8 Å². The highest BCUT2D eigenvalue weighted by atomic mass is 16.5. The van der Waals surface area contributed by atoms with Crippen LogP contribution in [0.2, 0.25) is 0 Å². The van der Waals surface area contributed by atoms with Gasteiger partial charge in [-0.05, 0) is 44.8 Å². The maximum atomic E-state index is 9.67. The average Bonchev–Trinajstić information content (AvgIpc) is 2.34. The van der Waals surface area contributed by atoms with Crippen molar-refractivity contribution in [3.05, 3.63) is 29.8 Å². The standard InChI is InChI=1S/C14H24N2O2/c1-16(2)11-13(17)10-15-8-7-12-5-4-6-14(9-12)18-3/h4-6,9,13,15,17H,7-8,10-11H2,1-3H3. The van der Waals surface area contributed by atoms with Gasteiger partial charge in [0.15, 0.2) is 0 Å². The van der Waals surface area contributed by atoms with E-state index in [0.29, 0.717) is 13.1 Å². The van der Waals surface area contributed by atoms with Crippen LogP contribution < -0.4 is 10.1 Å². The summed E-state index contributed by atoms with van der Waals surface area (Å²) in [5, 5.41) is 12.9. The highest BCUT2D eigenvalue weighted by molar-refractivity contribution is 5.28. The van der Waals surface area contributed by atoms with Crippen molar-refractivity contribution in [3.8, 4) is 5.75 Å². The second-order valence-corrected chi connectivity index (χ2v) is 4.72. The molecule has 1 atom stereocenters. The van der Waals surface area contributed by atoms with Crippen LogP contribution in [0.15, 0.2) is 24.3 Å². The number of ether oxygens (including phenoxy) is 1. The first-order valence-corrected chi connectivity index (χ1v) is 6.28. The molecule has 0 aliphatic heterocycles. The summed E-state index contributed by atoms with van der Waals surface area (Å²) < 4.78 is 5.18. The molecule has 0 saturated carbocycles. The summed E-state index contributed by atoms with van der Waals surface area (Å²) in [6, 6.07) is 8.06. The van der Waals surface area contributed by atoms with Crippen LogP contribution in [0.4, 0.5) is 0 Å². The van der Waals surface area contributed by atoms with Gasteiger partial charge in [0.25, 0.3) is 0 Å². The highest BCUT2D eigenvalue weighted by Gasteiger charge is 2.04. The van der Waals surface area contributed by atoms with Crippen molar-refractivity contribution in [2.24, 2.45) is 0 Å². The van der Waals surface area contributed by atoms with E-state index in [2.05, 4.69) is 11.4 Å². The molecule has 0 aromatic heterocycles. The second kappa shape index (κ2) is 8.08. The van der Waals surface area contributed by atoms with Gasteiger partial charge < -0.3 is 20.1 Å². The fourth-order valence-electron chi connectivity index (χ4n) is 1.82. The molecule has 0 radical (unpaired) electrons. The van der Waals surface area contributed by atoms with E-state index >= 15 is 0 Å². The Morgan fingerprint density at radius 3 is 2.83 bits per heavy atom. The molecule has 0 fully saturated rings. The van der Waals surface area contributed by atoms with Gasteiger partial charge in [0, 0.05) is 13.1 Å². The largest absolute Gasteiger partial charge is 0.497 e. The molecule has 0 saturated heterocycles. The second-order valence-electron chi connectivity index (χ2n) is 4.72. The molecule has 18 heavy (non-hydrogen) atoms. The van der Waals surface area contributed by atoms with Crippen molar-refractivity contribution >= 4 is 0 Å². The van der Waals surface area contributed by atoms with Crippen molar-refractivity contribution in [2.45, 2.75) is 12.5 Å². The highest BCUT2D eigenvalue weighted by Crippen LogP contribution is 2.12. The first kappa shape index (κ1) is 15.0. The average molecular weight is 252 g/mol. The number of aliphatic hydroxyl groups excluding tert-OH is 1. The van der Waals surface area contributed by atoms with Gasteiger partial charge in [-0.3, -0.25) is 0 Å². The van der Waals surface area contributed by atoms with Crippen LogP contribution in [0.3, 0.4) is 0 Å². The molecule has 0 aliphatic carbocycles. The first-order chi connectivity index (χ1) is 8.61. The summed E-state index contributed by atoms with van der Waals surface area (Å²) in [4.78, 5) is 1.98. The number of hydrogen-bond acceptors (Lipinski definition) is 4. The van der Waals surface area contributed by atoms with Gasteiger partial charge >= 0.3 is 0 Å². The fraction of sp³-hybridized carbons (Fsp3) is 0.571. The maximum absolute atomic E-state index is 9.67. The van der Waals surface area contributed by atoms with Gasteiger partial charge in [-0.1, -0.05) is 12.1 Å². The summed E-state index contributed by atoms with van der Waals surface area (Å²) in [5.74, 6) is 0.889. The lowest BCUT2D eigenvalue weighted by atomic mass is 10.1.